The van der Waals surface area contributed by atoms with Crippen molar-refractivity contribution in [3.63, 3.8) is 0 Å². The van der Waals surface area contributed by atoms with Gasteiger partial charge in [-0.15, -0.1) is 0 Å². The smallest absolute Gasteiger partial charge is 0.160 e. The van der Waals surface area contributed by atoms with Crippen molar-refractivity contribution in [2.24, 2.45) is 0 Å². The van der Waals surface area contributed by atoms with E-state index in [1.165, 1.54) is 44.2 Å². The van der Waals surface area contributed by atoms with Gasteiger partial charge in [-0.1, -0.05) is 152 Å². The molecule has 1 aliphatic rings. The molecule has 0 spiro atoms. The summed E-state index contributed by atoms with van der Waals surface area (Å²) in [6, 6.07) is 64.3. The maximum absolute atomic E-state index is 6.66. The average molecular weight is 675 g/mol. The molecule has 0 atom stereocenters. The molecule has 2 heterocycles. The molecule has 53 heavy (non-hydrogen) atoms. The maximum Gasteiger partial charge on any atom is 0.160 e. The Morgan fingerprint density at radius 2 is 0.981 bits per heavy atom. The van der Waals surface area contributed by atoms with E-state index in [0.717, 1.165) is 61.1 Å². The van der Waals surface area contributed by atoms with Crippen molar-refractivity contribution in [2.45, 2.75) is 0 Å². The highest BCUT2D eigenvalue weighted by Crippen LogP contribution is 2.54. The third-order valence-corrected chi connectivity index (χ3v) is 10.6. The molecule has 3 nitrogen and oxygen atoms in total. The molecule has 11 rings (SSSR count). The van der Waals surface area contributed by atoms with Crippen LogP contribution in [0.3, 0.4) is 0 Å². The van der Waals surface area contributed by atoms with E-state index >= 15 is 0 Å². The summed E-state index contributed by atoms with van der Waals surface area (Å²) in [5, 5.41) is 4.82. The number of rotatable bonds is 5. The van der Waals surface area contributed by atoms with Gasteiger partial charge in [0.2, 0.25) is 0 Å². The predicted molar refractivity (Wildman–Crippen MR) is 218 cm³/mol. The third kappa shape index (κ3) is 4.75. The Kier molecular flexibility index (Phi) is 6.55. The van der Waals surface area contributed by atoms with Crippen molar-refractivity contribution in [3.8, 4) is 78.4 Å². The lowest BCUT2D eigenvalue weighted by atomic mass is 9.90. The van der Waals surface area contributed by atoms with Crippen molar-refractivity contribution < 1.29 is 4.42 Å². The Hall–Kier alpha value is -7.10. The Morgan fingerprint density at radius 1 is 0.358 bits per heavy atom. The molecule has 3 heteroatoms. The Bertz CT molecular complexity index is 2990. The zero-order valence-corrected chi connectivity index (χ0v) is 28.6. The van der Waals surface area contributed by atoms with E-state index in [9.17, 15) is 0 Å². The summed E-state index contributed by atoms with van der Waals surface area (Å²) in [6.45, 7) is 0. The first-order valence-electron chi connectivity index (χ1n) is 18.0. The van der Waals surface area contributed by atoms with Crippen LogP contribution in [0, 0.1) is 0 Å². The maximum atomic E-state index is 6.66. The summed E-state index contributed by atoms with van der Waals surface area (Å²) in [6.07, 6.45) is 0. The molecule has 0 saturated carbocycles. The minimum atomic E-state index is 0.710. The van der Waals surface area contributed by atoms with Gasteiger partial charge < -0.3 is 4.42 Å². The average Bonchev–Trinajstić information content (AvgIpc) is 3.79. The predicted octanol–water partition coefficient (Wildman–Crippen LogP) is 13.5. The van der Waals surface area contributed by atoms with Gasteiger partial charge in [0.1, 0.15) is 11.2 Å². The van der Waals surface area contributed by atoms with E-state index in [2.05, 4.69) is 140 Å². The van der Waals surface area contributed by atoms with Crippen molar-refractivity contribution >= 4 is 32.7 Å². The molecule has 0 unspecified atom stereocenters. The minimum absolute atomic E-state index is 0.710. The van der Waals surface area contributed by atoms with Crippen LogP contribution in [0.2, 0.25) is 0 Å². The SMILES string of the molecule is c1ccc(-c2cc(-c3cccc(-c4cccc(-c5ccc6cccc7c6c5-c5c-7ccc6c5oc5ccccc56)c4)c3)nc(-c3ccccc3)n2)cc1. The molecule has 0 saturated heterocycles. The second-order valence-corrected chi connectivity index (χ2v) is 13.7. The minimum Gasteiger partial charge on any atom is -0.455 e. The molecule has 10 aromatic rings. The number of hydrogen-bond donors (Lipinski definition) is 0. The van der Waals surface area contributed by atoms with Gasteiger partial charge in [-0.3, -0.25) is 0 Å². The summed E-state index contributed by atoms with van der Waals surface area (Å²) in [5.41, 5.74) is 16.3. The molecular weight excluding hydrogens is 645 g/mol. The van der Waals surface area contributed by atoms with Crippen LogP contribution >= 0.6 is 0 Å². The normalized spacial score (nSPS) is 11.8. The van der Waals surface area contributed by atoms with E-state index < -0.39 is 0 Å². The first-order chi connectivity index (χ1) is 26.3. The van der Waals surface area contributed by atoms with Crippen LogP contribution in [0.5, 0.6) is 0 Å². The second kappa shape index (κ2) is 11.7. The Balaban J connectivity index is 1.06. The van der Waals surface area contributed by atoms with Crippen LogP contribution in [0.25, 0.3) is 111 Å². The molecule has 0 fully saturated rings. The Morgan fingerprint density at radius 3 is 1.79 bits per heavy atom. The molecule has 0 radical (unpaired) electrons. The van der Waals surface area contributed by atoms with E-state index in [-0.39, 0.29) is 0 Å². The summed E-state index contributed by atoms with van der Waals surface area (Å²) < 4.78 is 6.66. The van der Waals surface area contributed by atoms with E-state index in [1.807, 2.05) is 42.5 Å². The monoisotopic (exact) mass is 674 g/mol. The lowest BCUT2D eigenvalue weighted by Crippen LogP contribution is -1.96. The van der Waals surface area contributed by atoms with Gasteiger partial charge in [-0.05, 0) is 74.5 Å². The molecule has 8 aromatic carbocycles. The lowest BCUT2D eigenvalue weighted by molar-refractivity contribution is 0.670. The first-order valence-corrected chi connectivity index (χ1v) is 18.0. The highest BCUT2D eigenvalue weighted by molar-refractivity contribution is 6.25. The molecule has 2 aromatic heterocycles. The molecule has 0 bridgehead atoms. The van der Waals surface area contributed by atoms with Crippen molar-refractivity contribution in [1.82, 2.24) is 9.97 Å². The zero-order chi connectivity index (χ0) is 34.9. The zero-order valence-electron chi connectivity index (χ0n) is 28.6. The molecule has 0 aliphatic heterocycles. The van der Waals surface area contributed by atoms with Crippen molar-refractivity contribution in [1.29, 1.82) is 0 Å². The fourth-order valence-corrected chi connectivity index (χ4v) is 8.16. The number of hydrogen-bond acceptors (Lipinski definition) is 3. The summed E-state index contributed by atoms with van der Waals surface area (Å²) in [4.78, 5) is 10.1. The largest absolute Gasteiger partial charge is 0.455 e. The topological polar surface area (TPSA) is 38.9 Å². The van der Waals surface area contributed by atoms with Crippen LogP contribution in [-0.4, -0.2) is 9.97 Å². The van der Waals surface area contributed by atoms with E-state index in [4.69, 9.17) is 14.4 Å². The summed E-state index contributed by atoms with van der Waals surface area (Å²) in [5.74, 6) is 0.710. The molecule has 0 amide bonds. The highest BCUT2D eigenvalue weighted by Gasteiger charge is 2.28. The van der Waals surface area contributed by atoms with E-state index in [0.29, 0.717) is 5.82 Å². The van der Waals surface area contributed by atoms with Crippen LogP contribution in [0.1, 0.15) is 0 Å². The highest BCUT2D eigenvalue weighted by atomic mass is 16.3. The fraction of sp³-hybridized carbons (Fsp3) is 0. The standard InChI is InChI=1S/C50H30N2O/c1-3-12-31(13-4-1)43-30-44(52-50(51-43)33-14-5-2-6-15-33)37-20-10-18-35(29-37)34-17-9-19-36(28-34)38-25-24-32-16-11-22-40-41-26-27-42-39-21-7-8-23-45(39)53-49(42)48(41)47(38)46(32)40/h1-30H. The molecule has 0 N–H and O–H groups in total. The molecule has 246 valence electrons. The number of aromatic nitrogens is 2. The van der Waals surface area contributed by atoms with Crippen LogP contribution in [0.15, 0.2) is 186 Å². The quantitative estimate of drug-likeness (QED) is 0.182. The van der Waals surface area contributed by atoms with Gasteiger partial charge in [0.15, 0.2) is 5.82 Å². The number of para-hydroxylation sites is 1. The van der Waals surface area contributed by atoms with Crippen molar-refractivity contribution in [3.05, 3.63) is 182 Å². The van der Waals surface area contributed by atoms with Gasteiger partial charge in [0.25, 0.3) is 0 Å². The second-order valence-electron chi connectivity index (χ2n) is 13.7. The lowest BCUT2D eigenvalue weighted by Gasteiger charge is -2.13. The summed E-state index contributed by atoms with van der Waals surface area (Å²) >= 11 is 0. The number of nitrogens with zero attached hydrogens (tertiary/aromatic N) is 2. The van der Waals surface area contributed by atoms with Gasteiger partial charge in [-0.25, -0.2) is 9.97 Å². The number of fused-ring (bicyclic) bond motifs is 7. The van der Waals surface area contributed by atoms with Crippen LogP contribution < -0.4 is 0 Å². The van der Waals surface area contributed by atoms with Gasteiger partial charge >= 0.3 is 0 Å². The first kappa shape index (κ1) is 29.6. The van der Waals surface area contributed by atoms with Gasteiger partial charge in [-0.2, -0.15) is 0 Å². The molecule has 1 aliphatic carbocycles. The fourth-order valence-electron chi connectivity index (χ4n) is 8.16. The third-order valence-electron chi connectivity index (χ3n) is 10.6. The van der Waals surface area contributed by atoms with Crippen molar-refractivity contribution in [2.75, 3.05) is 0 Å². The Labute approximate surface area is 306 Å². The van der Waals surface area contributed by atoms with Crippen LogP contribution in [-0.2, 0) is 0 Å². The van der Waals surface area contributed by atoms with E-state index in [1.54, 1.807) is 0 Å². The van der Waals surface area contributed by atoms with Gasteiger partial charge in [0.05, 0.1) is 11.4 Å². The van der Waals surface area contributed by atoms with Crippen LogP contribution in [0.4, 0.5) is 0 Å². The van der Waals surface area contributed by atoms with Gasteiger partial charge in [0, 0.05) is 38.6 Å². The molecular formula is C50H30N2O. The number of furan rings is 1. The summed E-state index contributed by atoms with van der Waals surface area (Å²) in [7, 11) is 0. The number of benzene rings is 8.